The first-order valence-electron chi connectivity index (χ1n) is 7.09. The van der Waals surface area contributed by atoms with Crippen LogP contribution in [0.3, 0.4) is 0 Å². The molecule has 0 bridgehead atoms. The van der Waals surface area contributed by atoms with Crippen LogP contribution >= 0.6 is 0 Å². The summed E-state index contributed by atoms with van der Waals surface area (Å²) in [5, 5.41) is 0. The van der Waals surface area contributed by atoms with Crippen LogP contribution in [-0.2, 0) is 4.79 Å². The molecule has 2 aliphatic heterocycles. The molecule has 0 spiro atoms. The van der Waals surface area contributed by atoms with Gasteiger partial charge < -0.3 is 20.4 Å². The lowest BCUT2D eigenvalue weighted by Gasteiger charge is -2.34. The summed E-state index contributed by atoms with van der Waals surface area (Å²) in [6, 6.07) is 0.298. The monoisotopic (exact) mass is 254 g/mol. The number of likely N-dealkylation sites (tertiary alicyclic amines) is 1. The van der Waals surface area contributed by atoms with E-state index in [2.05, 4.69) is 16.8 Å². The zero-order chi connectivity index (χ0) is 13.0. The molecule has 2 rings (SSSR count). The van der Waals surface area contributed by atoms with Crippen LogP contribution in [0.4, 0.5) is 0 Å². The molecule has 2 N–H and O–H groups in total. The predicted molar refractivity (Wildman–Crippen MR) is 72.3 cm³/mol. The van der Waals surface area contributed by atoms with Crippen molar-refractivity contribution in [1.29, 1.82) is 0 Å². The summed E-state index contributed by atoms with van der Waals surface area (Å²) >= 11 is 0. The standard InChI is InChI=1S/C13H26N4O/c1-15-8-10-16(11-9-15)5-4-13(18)17-6-2-12(14)3-7-17/h12H,2-11,14H2,1H3. The van der Waals surface area contributed by atoms with Gasteiger partial charge in [-0.1, -0.05) is 0 Å². The maximum absolute atomic E-state index is 12.1. The van der Waals surface area contributed by atoms with Crippen LogP contribution in [-0.4, -0.2) is 79.5 Å². The first kappa shape index (κ1) is 13.8. The average Bonchev–Trinajstić information content (AvgIpc) is 2.38. The van der Waals surface area contributed by atoms with Crippen molar-refractivity contribution in [3.63, 3.8) is 0 Å². The number of carbonyl (C=O) groups excluding carboxylic acids is 1. The Hall–Kier alpha value is -0.650. The lowest BCUT2D eigenvalue weighted by molar-refractivity contribution is -0.132. The van der Waals surface area contributed by atoms with E-state index in [1.54, 1.807) is 0 Å². The van der Waals surface area contributed by atoms with Gasteiger partial charge in [-0.3, -0.25) is 4.79 Å². The van der Waals surface area contributed by atoms with Crippen molar-refractivity contribution >= 4 is 5.91 Å². The van der Waals surface area contributed by atoms with Gasteiger partial charge in [-0.2, -0.15) is 0 Å². The van der Waals surface area contributed by atoms with Crippen LogP contribution in [0.2, 0.25) is 0 Å². The molecule has 0 aliphatic carbocycles. The second-order valence-corrected chi connectivity index (χ2v) is 5.61. The highest BCUT2D eigenvalue weighted by Gasteiger charge is 2.21. The zero-order valence-corrected chi connectivity index (χ0v) is 11.5. The van der Waals surface area contributed by atoms with Gasteiger partial charge in [-0.05, 0) is 19.9 Å². The van der Waals surface area contributed by atoms with Crippen LogP contribution in [0.5, 0.6) is 0 Å². The molecule has 2 heterocycles. The highest BCUT2D eigenvalue weighted by Crippen LogP contribution is 2.10. The lowest BCUT2D eigenvalue weighted by Crippen LogP contribution is -2.47. The number of carbonyl (C=O) groups is 1. The van der Waals surface area contributed by atoms with Crippen molar-refractivity contribution in [2.45, 2.75) is 25.3 Å². The molecule has 5 heteroatoms. The Balaban J connectivity index is 1.65. The molecule has 104 valence electrons. The summed E-state index contributed by atoms with van der Waals surface area (Å²) in [5.41, 5.74) is 5.85. The van der Waals surface area contributed by atoms with Crippen molar-refractivity contribution in [3.8, 4) is 0 Å². The highest BCUT2D eigenvalue weighted by molar-refractivity contribution is 5.76. The van der Waals surface area contributed by atoms with Gasteiger partial charge in [0.2, 0.25) is 5.91 Å². The normalized spacial score (nSPS) is 24.4. The number of nitrogens with zero attached hydrogens (tertiary/aromatic N) is 3. The Morgan fingerprint density at radius 1 is 1.11 bits per heavy atom. The van der Waals surface area contributed by atoms with Crippen LogP contribution < -0.4 is 5.73 Å². The SMILES string of the molecule is CN1CCN(CCC(=O)N2CCC(N)CC2)CC1. The van der Waals surface area contributed by atoms with E-state index in [4.69, 9.17) is 5.73 Å². The summed E-state index contributed by atoms with van der Waals surface area (Å²) in [6.07, 6.45) is 2.58. The summed E-state index contributed by atoms with van der Waals surface area (Å²) in [5.74, 6) is 0.306. The molecule has 5 nitrogen and oxygen atoms in total. The summed E-state index contributed by atoms with van der Waals surface area (Å²) < 4.78 is 0. The first-order valence-corrected chi connectivity index (χ1v) is 7.09. The van der Waals surface area contributed by atoms with Gasteiger partial charge in [0.1, 0.15) is 0 Å². The van der Waals surface area contributed by atoms with Crippen molar-refractivity contribution < 1.29 is 4.79 Å². The Kier molecular flexibility index (Phi) is 4.97. The van der Waals surface area contributed by atoms with Gasteiger partial charge in [0.25, 0.3) is 0 Å². The van der Waals surface area contributed by atoms with E-state index < -0.39 is 0 Å². The predicted octanol–water partition coefficient (Wildman–Crippen LogP) is -0.426. The molecule has 2 aliphatic rings. The Labute approximate surface area is 110 Å². The van der Waals surface area contributed by atoms with Gasteiger partial charge in [-0.25, -0.2) is 0 Å². The second-order valence-electron chi connectivity index (χ2n) is 5.61. The molecular formula is C13H26N4O. The van der Waals surface area contributed by atoms with E-state index in [0.717, 1.165) is 58.7 Å². The quantitative estimate of drug-likeness (QED) is 0.743. The van der Waals surface area contributed by atoms with E-state index in [9.17, 15) is 4.79 Å². The van der Waals surface area contributed by atoms with Crippen LogP contribution in [0.15, 0.2) is 0 Å². The van der Waals surface area contributed by atoms with E-state index in [1.807, 2.05) is 4.90 Å². The molecule has 0 unspecified atom stereocenters. The fraction of sp³-hybridized carbons (Fsp3) is 0.923. The molecule has 0 atom stereocenters. The van der Waals surface area contributed by atoms with E-state index in [-0.39, 0.29) is 0 Å². The zero-order valence-electron chi connectivity index (χ0n) is 11.5. The van der Waals surface area contributed by atoms with E-state index in [0.29, 0.717) is 18.4 Å². The highest BCUT2D eigenvalue weighted by atomic mass is 16.2. The molecule has 1 amide bonds. The third-order valence-electron chi connectivity index (χ3n) is 4.13. The summed E-state index contributed by atoms with van der Waals surface area (Å²) in [7, 11) is 2.15. The molecule has 2 saturated heterocycles. The number of hydrogen-bond donors (Lipinski definition) is 1. The molecular weight excluding hydrogens is 228 g/mol. The fourth-order valence-electron chi connectivity index (χ4n) is 2.63. The fourth-order valence-corrected chi connectivity index (χ4v) is 2.63. The molecule has 0 aromatic heterocycles. The number of piperidine rings is 1. The van der Waals surface area contributed by atoms with E-state index in [1.165, 1.54) is 0 Å². The summed E-state index contributed by atoms with van der Waals surface area (Å²) in [4.78, 5) is 18.8. The van der Waals surface area contributed by atoms with E-state index >= 15 is 0 Å². The van der Waals surface area contributed by atoms with Gasteiger partial charge >= 0.3 is 0 Å². The molecule has 0 aromatic carbocycles. The molecule has 18 heavy (non-hydrogen) atoms. The minimum Gasteiger partial charge on any atom is -0.343 e. The number of piperazine rings is 1. The van der Waals surface area contributed by atoms with Gasteiger partial charge in [-0.15, -0.1) is 0 Å². The molecule has 0 saturated carbocycles. The number of hydrogen-bond acceptors (Lipinski definition) is 4. The van der Waals surface area contributed by atoms with Crippen molar-refractivity contribution in [2.75, 3.05) is 52.9 Å². The minimum absolute atomic E-state index is 0.298. The maximum atomic E-state index is 12.1. The maximum Gasteiger partial charge on any atom is 0.223 e. The van der Waals surface area contributed by atoms with Crippen LogP contribution in [0.25, 0.3) is 0 Å². The number of amides is 1. The van der Waals surface area contributed by atoms with Crippen molar-refractivity contribution in [1.82, 2.24) is 14.7 Å². The number of rotatable bonds is 3. The Morgan fingerprint density at radius 3 is 2.33 bits per heavy atom. The average molecular weight is 254 g/mol. The Bertz CT molecular complexity index is 268. The van der Waals surface area contributed by atoms with Crippen LogP contribution in [0.1, 0.15) is 19.3 Å². The molecule has 0 aromatic rings. The minimum atomic E-state index is 0.298. The number of nitrogens with two attached hydrogens (primary N) is 1. The largest absolute Gasteiger partial charge is 0.343 e. The lowest BCUT2D eigenvalue weighted by atomic mass is 10.1. The summed E-state index contributed by atoms with van der Waals surface area (Å²) in [6.45, 7) is 7.03. The Morgan fingerprint density at radius 2 is 1.72 bits per heavy atom. The van der Waals surface area contributed by atoms with Crippen LogP contribution in [0, 0.1) is 0 Å². The van der Waals surface area contributed by atoms with Crippen molar-refractivity contribution in [3.05, 3.63) is 0 Å². The number of likely N-dealkylation sites (N-methyl/N-ethyl adjacent to an activating group) is 1. The van der Waals surface area contributed by atoms with Crippen molar-refractivity contribution in [2.24, 2.45) is 5.73 Å². The van der Waals surface area contributed by atoms with Gasteiger partial charge in [0.05, 0.1) is 0 Å². The van der Waals surface area contributed by atoms with Gasteiger partial charge in [0.15, 0.2) is 0 Å². The smallest absolute Gasteiger partial charge is 0.223 e. The molecule has 2 fully saturated rings. The topological polar surface area (TPSA) is 52.8 Å². The third kappa shape index (κ3) is 3.93. The first-order chi connectivity index (χ1) is 8.65. The third-order valence-corrected chi connectivity index (χ3v) is 4.13. The van der Waals surface area contributed by atoms with Gasteiger partial charge in [0, 0.05) is 58.3 Å². The second kappa shape index (κ2) is 6.50. The molecule has 0 radical (unpaired) electrons.